The van der Waals surface area contributed by atoms with E-state index in [9.17, 15) is 15.2 Å². The highest BCUT2D eigenvalue weighted by atomic mass is 16.5. The number of rotatable bonds is 4. The van der Waals surface area contributed by atoms with Crippen LogP contribution in [0.1, 0.15) is 27.7 Å². The normalized spacial score (nSPS) is 12.6. The van der Waals surface area contributed by atoms with Crippen molar-refractivity contribution in [3.63, 3.8) is 0 Å². The Morgan fingerprint density at radius 1 is 1.22 bits per heavy atom. The topological polar surface area (TPSA) is 95.9 Å². The summed E-state index contributed by atoms with van der Waals surface area (Å²) in [6.45, 7) is 6.57. The number of phenolic OH excluding ortho intramolecular Hbond substituents is 1. The van der Waals surface area contributed by atoms with Gasteiger partial charge in [0.15, 0.2) is 0 Å². The van der Waals surface area contributed by atoms with Crippen molar-refractivity contribution in [3.8, 4) is 5.75 Å². The van der Waals surface area contributed by atoms with Crippen LogP contribution in [0.4, 0.5) is 5.69 Å². The van der Waals surface area contributed by atoms with Crippen molar-refractivity contribution in [1.29, 1.82) is 0 Å². The molecule has 0 fully saturated rings. The van der Waals surface area contributed by atoms with Crippen LogP contribution in [0.25, 0.3) is 0 Å². The van der Waals surface area contributed by atoms with Gasteiger partial charge >= 0.3 is 7.12 Å². The highest BCUT2D eigenvalue weighted by Crippen LogP contribution is 2.25. The van der Waals surface area contributed by atoms with Gasteiger partial charge < -0.3 is 25.6 Å². The molecule has 1 rings (SSSR count). The van der Waals surface area contributed by atoms with E-state index in [0.717, 1.165) is 0 Å². The minimum absolute atomic E-state index is 0.0484. The summed E-state index contributed by atoms with van der Waals surface area (Å²) in [6, 6.07) is 4.33. The van der Waals surface area contributed by atoms with E-state index >= 15 is 0 Å². The lowest BCUT2D eigenvalue weighted by atomic mass is 9.76. The monoisotopic (exact) mass is 253 g/mol. The van der Waals surface area contributed by atoms with Gasteiger partial charge in [-0.25, -0.2) is 0 Å². The van der Waals surface area contributed by atoms with E-state index in [1.54, 1.807) is 27.7 Å². The number of hydrogen-bond acceptors (Lipinski definition) is 5. The molecule has 100 valence electrons. The molecule has 5 nitrogen and oxygen atoms in total. The molecule has 0 bridgehead atoms. The number of aliphatic hydroxyl groups is 1. The molecular formula is C12H20BNO4. The van der Waals surface area contributed by atoms with E-state index in [-0.39, 0.29) is 11.4 Å². The Morgan fingerprint density at radius 2 is 1.78 bits per heavy atom. The molecule has 0 aliphatic carbocycles. The van der Waals surface area contributed by atoms with E-state index in [1.807, 2.05) is 0 Å². The minimum Gasteiger partial charge on any atom is -0.506 e. The number of hydrogen-bond donors (Lipinski definition) is 4. The van der Waals surface area contributed by atoms with Crippen molar-refractivity contribution in [2.24, 2.45) is 0 Å². The maximum absolute atomic E-state index is 9.96. The number of phenols is 1. The van der Waals surface area contributed by atoms with Crippen LogP contribution in [-0.2, 0) is 4.65 Å². The Hall–Kier alpha value is -1.24. The average molecular weight is 253 g/mol. The van der Waals surface area contributed by atoms with Gasteiger partial charge in [0.1, 0.15) is 5.75 Å². The average Bonchev–Trinajstić information content (AvgIpc) is 2.19. The number of benzene rings is 1. The molecule has 1 aromatic rings. The van der Waals surface area contributed by atoms with E-state index < -0.39 is 18.3 Å². The summed E-state index contributed by atoms with van der Waals surface area (Å²) in [7, 11) is -1.23. The maximum Gasteiger partial charge on any atom is 0.491 e. The second kappa shape index (κ2) is 4.80. The zero-order chi connectivity index (χ0) is 14.1. The first-order chi connectivity index (χ1) is 8.04. The van der Waals surface area contributed by atoms with Crippen LogP contribution < -0.4 is 11.2 Å². The highest BCUT2D eigenvalue weighted by molar-refractivity contribution is 6.60. The van der Waals surface area contributed by atoms with Crippen molar-refractivity contribution in [2.75, 3.05) is 5.73 Å². The summed E-state index contributed by atoms with van der Waals surface area (Å²) in [6.07, 6.45) is 0. The fourth-order valence-electron chi connectivity index (χ4n) is 1.22. The standard InChI is InChI=1S/C12H20BNO4/c1-11(2,16)12(3,4)18-13(17)8-5-6-10(15)9(14)7-8/h5-7,15-17H,14H2,1-4H3. The Bertz CT molecular complexity index is 429. The summed E-state index contributed by atoms with van der Waals surface area (Å²) in [5.74, 6) is -0.0484. The molecule has 18 heavy (non-hydrogen) atoms. The Balaban J connectivity index is 2.89. The number of nitrogen functional groups attached to an aromatic ring is 1. The number of aromatic hydroxyl groups is 1. The third-order valence-corrected chi connectivity index (χ3v) is 3.22. The second-order valence-electron chi connectivity index (χ2n) is 5.36. The van der Waals surface area contributed by atoms with Gasteiger partial charge in [-0.05, 0) is 45.3 Å². The zero-order valence-corrected chi connectivity index (χ0v) is 11.1. The smallest absolute Gasteiger partial charge is 0.491 e. The van der Waals surface area contributed by atoms with E-state index in [0.29, 0.717) is 5.46 Å². The van der Waals surface area contributed by atoms with Crippen LogP contribution in [0, 0.1) is 0 Å². The fraction of sp³-hybridized carbons (Fsp3) is 0.500. The second-order valence-corrected chi connectivity index (χ2v) is 5.36. The molecule has 6 heteroatoms. The summed E-state index contributed by atoms with van der Waals surface area (Å²) < 4.78 is 5.45. The van der Waals surface area contributed by atoms with Crippen molar-refractivity contribution in [3.05, 3.63) is 18.2 Å². The molecule has 5 N–H and O–H groups in total. The highest BCUT2D eigenvalue weighted by Gasteiger charge is 2.39. The van der Waals surface area contributed by atoms with Crippen molar-refractivity contribution in [1.82, 2.24) is 0 Å². The first kappa shape index (κ1) is 14.8. The van der Waals surface area contributed by atoms with Gasteiger partial charge in [0.05, 0.1) is 16.9 Å². The molecule has 0 saturated heterocycles. The van der Waals surface area contributed by atoms with Gasteiger partial charge in [-0.15, -0.1) is 0 Å². The summed E-state index contributed by atoms with van der Waals surface area (Å²) in [5, 5.41) is 29.2. The van der Waals surface area contributed by atoms with E-state index in [1.165, 1.54) is 18.2 Å². The minimum atomic E-state index is -1.23. The van der Waals surface area contributed by atoms with Gasteiger partial charge in [-0.3, -0.25) is 0 Å². The molecule has 0 aliphatic rings. The third kappa shape index (κ3) is 3.16. The van der Waals surface area contributed by atoms with Gasteiger partial charge in [0.2, 0.25) is 0 Å². The first-order valence-electron chi connectivity index (χ1n) is 5.71. The number of nitrogens with two attached hydrogens (primary N) is 1. The SMILES string of the molecule is CC(C)(O)C(C)(C)OB(O)c1ccc(O)c(N)c1. The maximum atomic E-state index is 9.96. The largest absolute Gasteiger partial charge is 0.506 e. The summed E-state index contributed by atoms with van der Waals surface area (Å²) in [4.78, 5) is 0. The summed E-state index contributed by atoms with van der Waals surface area (Å²) in [5.41, 5.74) is 4.06. The van der Waals surface area contributed by atoms with Crippen LogP contribution in [0.5, 0.6) is 5.75 Å². The van der Waals surface area contributed by atoms with Crippen molar-refractivity contribution >= 4 is 18.3 Å². The predicted molar refractivity (Wildman–Crippen MR) is 71.6 cm³/mol. The Morgan fingerprint density at radius 3 is 2.22 bits per heavy atom. The quantitative estimate of drug-likeness (QED) is 0.350. The molecule has 0 saturated carbocycles. The van der Waals surface area contributed by atoms with Gasteiger partial charge in [0.25, 0.3) is 0 Å². The van der Waals surface area contributed by atoms with Crippen LogP contribution in [0.2, 0.25) is 0 Å². The molecule has 0 amide bonds. The van der Waals surface area contributed by atoms with Crippen molar-refractivity contribution < 1.29 is 19.9 Å². The molecule has 1 aromatic carbocycles. The van der Waals surface area contributed by atoms with Crippen LogP contribution in [-0.4, -0.2) is 33.6 Å². The lowest BCUT2D eigenvalue weighted by Gasteiger charge is -2.38. The summed E-state index contributed by atoms with van der Waals surface area (Å²) >= 11 is 0. The fourth-order valence-corrected chi connectivity index (χ4v) is 1.22. The van der Waals surface area contributed by atoms with Gasteiger partial charge in [-0.2, -0.15) is 0 Å². The molecule has 0 atom stereocenters. The van der Waals surface area contributed by atoms with Crippen LogP contribution in [0.3, 0.4) is 0 Å². The van der Waals surface area contributed by atoms with E-state index in [4.69, 9.17) is 10.4 Å². The molecule has 0 aliphatic heterocycles. The molecule has 0 aromatic heterocycles. The third-order valence-electron chi connectivity index (χ3n) is 3.22. The van der Waals surface area contributed by atoms with Crippen molar-refractivity contribution in [2.45, 2.75) is 38.9 Å². The number of anilines is 1. The van der Waals surface area contributed by atoms with Gasteiger partial charge in [0, 0.05) is 0 Å². The molecule has 0 radical (unpaired) electrons. The van der Waals surface area contributed by atoms with Gasteiger partial charge in [-0.1, -0.05) is 6.07 Å². The predicted octanol–water partition coefficient (Wildman–Crippen LogP) is 0.228. The molecule has 0 spiro atoms. The van der Waals surface area contributed by atoms with E-state index in [2.05, 4.69) is 0 Å². The lowest BCUT2D eigenvalue weighted by Crippen LogP contribution is -2.53. The van der Waals surface area contributed by atoms with Crippen LogP contribution >= 0.6 is 0 Å². The van der Waals surface area contributed by atoms with Crippen LogP contribution in [0.15, 0.2) is 18.2 Å². The molecule has 0 unspecified atom stereocenters. The molecule has 0 heterocycles. The Kier molecular flexibility index (Phi) is 3.95. The first-order valence-corrected chi connectivity index (χ1v) is 5.71. The lowest BCUT2D eigenvalue weighted by molar-refractivity contribution is -0.0982. The zero-order valence-electron chi connectivity index (χ0n) is 11.1. The molecular weight excluding hydrogens is 233 g/mol. The Labute approximate surface area is 107 Å².